The number of aliphatic hydroxyl groups is 1. The lowest BCUT2D eigenvalue weighted by Gasteiger charge is -2.48. The van der Waals surface area contributed by atoms with Crippen LogP contribution in [0.25, 0.3) is 0 Å². The van der Waals surface area contributed by atoms with Crippen LogP contribution >= 0.6 is 0 Å². The third-order valence-corrected chi connectivity index (χ3v) is 13.8. The highest BCUT2D eigenvalue weighted by atomic mass is 28.4. The number of hydrogen-bond donors (Lipinski definition) is 1. The van der Waals surface area contributed by atoms with Crippen molar-refractivity contribution in [2.45, 2.75) is 129 Å². The Bertz CT molecular complexity index is 1430. The highest BCUT2D eigenvalue weighted by molar-refractivity contribution is 6.99. The molecule has 3 aromatic rings. The quantitative estimate of drug-likeness (QED) is 0.159. The average molecular weight is 691 g/mol. The third-order valence-electron chi connectivity index (χ3n) is 8.75. The van der Waals surface area contributed by atoms with E-state index in [1.54, 1.807) is 45.0 Å². The van der Waals surface area contributed by atoms with Crippen LogP contribution in [-0.2, 0) is 28.2 Å². The summed E-state index contributed by atoms with van der Waals surface area (Å²) in [5, 5.41) is 12.6. The van der Waals surface area contributed by atoms with Crippen LogP contribution in [0.2, 0.25) is 5.04 Å². The summed E-state index contributed by atoms with van der Waals surface area (Å²) in [6.07, 6.45) is -2.60. The highest BCUT2D eigenvalue weighted by Gasteiger charge is 2.53. The molecular weight excluding hydrogens is 637 g/mol. The van der Waals surface area contributed by atoms with Crippen LogP contribution in [0.3, 0.4) is 0 Å². The van der Waals surface area contributed by atoms with Crippen LogP contribution in [0.5, 0.6) is 0 Å². The summed E-state index contributed by atoms with van der Waals surface area (Å²) in [5.74, 6) is -0.917. The van der Waals surface area contributed by atoms with Crippen LogP contribution in [0, 0.1) is 0 Å². The van der Waals surface area contributed by atoms with E-state index < -0.39 is 50.5 Å². The topological polar surface area (TPSA) is 101 Å². The van der Waals surface area contributed by atoms with Crippen molar-refractivity contribution < 1.29 is 38.1 Å². The first-order chi connectivity index (χ1) is 23.1. The van der Waals surface area contributed by atoms with Gasteiger partial charge in [-0.15, -0.1) is 0 Å². The molecule has 0 bridgehead atoms. The van der Waals surface area contributed by atoms with Gasteiger partial charge in [-0.3, -0.25) is 4.79 Å². The number of aliphatic hydroxyl groups excluding tert-OH is 1. The summed E-state index contributed by atoms with van der Waals surface area (Å²) in [4.78, 5) is 25.6. The van der Waals surface area contributed by atoms with Crippen LogP contribution in [-0.4, -0.2) is 67.8 Å². The molecule has 3 aromatic carbocycles. The monoisotopic (exact) mass is 690 g/mol. The van der Waals surface area contributed by atoms with E-state index in [0.717, 1.165) is 10.4 Å². The smallest absolute Gasteiger partial charge is 0.338 e. The zero-order chi connectivity index (χ0) is 35.8. The average Bonchev–Trinajstić information content (AvgIpc) is 3.04. The van der Waals surface area contributed by atoms with Gasteiger partial charge in [0.05, 0.1) is 36.4 Å². The molecule has 1 unspecified atom stereocenters. The number of carbonyl (C=O) groups is 2. The van der Waals surface area contributed by atoms with Crippen molar-refractivity contribution in [2.24, 2.45) is 0 Å². The molecule has 1 fully saturated rings. The Morgan fingerprint density at radius 3 is 1.88 bits per heavy atom. The van der Waals surface area contributed by atoms with Gasteiger partial charge < -0.3 is 28.5 Å². The van der Waals surface area contributed by atoms with Gasteiger partial charge in [0.25, 0.3) is 8.32 Å². The van der Waals surface area contributed by atoms with Crippen LogP contribution < -0.4 is 10.4 Å². The molecule has 1 heterocycles. The lowest BCUT2D eigenvalue weighted by molar-refractivity contribution is -0.271. The largest absolute Gasteiger partial charge is 0.460 e. The van der Waals surface area contributed by atoms with Gasteiger partial charge in [-0.25, -0.2) is 4.79 Å². The Hall–Kier alpha value is -3.34. The SMILES string of the molecule is C[C@H](CCC(O)CC(=O)OC(C)(C)C)O[C@@H]1O[C@@H](C)[C@H](O[Si](c2ccccc2)(c2ccccc2)C(C)(C)C)C[C@H]1OC(=O)c1ccccc1. The first-order valence-electron chi connectivity index (χ1n) is 17.3. The van der Waals surface area contributed by atoms with Crippen molar-refractivity contribution in [3.8, 4) is 0 Å². The van der Waals surface area contributed by atoms with Gasteiger partial charge in [-0.2, -0.15) is 0 Å². The first kappa shape index (κ1) is 38.5. The van der Waals surface area contributed by atoms with Crippen molar-refractivity contribution in [3.05, 3.63) is 96.6 Å². The normalized spacial score (nSPS) is 21.4. The molecule has 1 aliphatic rings. The molecule has 8 nitrogen and oxygen atoms in total. The maximum Gasteiger partial charge on any atom is 0.338 e. The van der Waals surface area contributed by atoms with Crippen LogP contribution in [0.1, 0.15) is 91.4 Å². The number of carbonyl (C=O) groups excluding carboxylic acids is 2. The number of benzene rings is 3. The maximum atomic E-state index is 13.4. The molecule has 0 saturated carbocycles. The van der Waals surface area contributed by atoms with Gasteiger partial charge in [0, 0.05) is 6.42 Å². The molecule has 0 radical (unpaired) electrons. The molecular formula is C40H54O8Si. The summed E-state index contributed by atoms with van der Waals surface area (Å²) in [5.41, 5.74) is -0.185. The Balaban J connectivity index is 1.57. The molecule has 266 valence electrons. The van der Waals surface area contributed by atoms with E-state index in [9.17, 15) is 14.7 Å². The Morgan fingerprint density at radius 2 is 1.37 bits per heavy atom. The summed E-state index contributed by atoms with van der Waals surface area (Å²) in [7, 11) is -2.95. The van der Waals surface area contributed by atoms with Gasteiger partial charge in [0.1, 0.15) is 5.60 Å². The summed E-state index contributed by atoms with van der Waals surface area (Å²) in [6.45, 7) is 15.9. The molecule has 49 heavy (non-hydrogen) atoms. The molecule has 1 aliphatic heterocycles. The third kappa shape index (κ3) is 10.3. The predicted molar refractivity (Wildman–Crippen MR) is 193 cm³/mol. The van der Waals surface area contributed by atoms with E-state index >= 15 is 0 Å². The number of esters is 2. The van der Waals surface area contributed by atoms with E-state index in [1.165, 1.54) is 0 Å². The zero-order valence-electron chi connectivity index (χ0n) is 30.3. The van der Waals surface area contributed by atoms with Crippen molar-refractivity contribution in [1.29, 1.82) is 0 Å². The second kappa shape index (κ2) is 16.6. The molecule has 0 aliphatic carbocycles. The van der Waals surface area contributed by atoms with Gasteiger partial charge in [-0.1, -0.05) is 99.6 Å². The predicted octanol–water partition coefficient (Wildman–Crippen LogP) is 6.57. The molecule has 1 saturated heterocycles. The second-order valence-electron chi connectivity index (χ2n) is 15.0. The van der Waals surface area contributed by atoms with E-state index in [0.29, 0.717) is 24.8 Å². The summed E-state index contributed by atoms with van der Waals surface area (Å²) < 4.78 is 31.9. The molecule has 0 amide bonds. The van der Waals surface area contributed by atoms with Crippen LogP contribution in [0.15, 0.2) is 91.0 Å². The van der Waals surface area contributed by atoms with Crippen molar-refractivity contribution in [1.82, 2.24) is 0 Å². The van der Waals surface area contributed by atoms with Crippen molar-refractivity contribution in [2.75, 3.05) is 0 Å². The molecule has 6 atom stereocenters. The molecule has 1 N–H and O–H groups in total. The minimum absolute atomic E-state index is 0.0977. The zero-order valence-corrected chi connectivity index (χ0v) is 31.3. The Morgan fingerprint density at radius 1 is 0.837 bits per heavy atom. The highest BCUT2D eigenvalue weighted by Crippen LogP contribution is 2.40. The van der Waals surface area contributed by atoms with Gasteiger partial charge >= 0.3 is 11.9 Å². The van der Waals surface area contributed by atoms with Crippen molar-refractivity contribution in [3.63, 3.8) is 0 Å². The Labute approximate surface area is 293 Å². The van der Waals surface area contributed by atoms with E-state index in [-0.39, 0.29) is 23.7 Å². The lowest BCUT2D eigenvalue weighted by Crippen LogP contribution is -2.69. The fourth-order valence-electron chi connectivity index (χ4n) is 6.39. The second-order valence-corrected chi connectivity index (χ2v) is 19.3. The van der Waals surface area contributed by atoms with E-state index in [1.807, 2.05) is 32.0 Å². The standard InChI is InChI=1S/C40H54O8Si/c1-28(24-25-31(41)26-36(42)47-39(3,4)5)44-38-35(46-37(43)30-18-12-9-13-19-30)27-34(29(2)45-38)48-49(40(6,7)8,32-20-14-10-15-21-32)33-22-16-11-17-23-33/h9-23,28-29,31,34-35,38,41H,24-27H2,1-8H3/t28-,29+,31?,34-,35-,38-/m1/s1. The summed E-state index contributed by atoms with van der Waals surface area (Å²) in [6, 6.07) is 29.7. The minimum atomic E-state index is -2.95. The van der Waals surface area contributed by atoms with Crippen LogP contribution in [0.4, 0.5) is 0 Å². The fraction of sp³-hybridized carbons (Fsp3) is 0.500. The molecule has 4 rings (SSSR count). The lowest BCUT2D eigenvalue weighted by atomic mass is 10.0. The maximum absolute atomic E-state index is 13.4. The van der Waals surface area contributed by atoms with Gasteiger partial charge in [-0.05, 0) is 75.0 Å². The van der Waals surface area contributed by atoms with E-state index in [4.69, 9.17) is 23.4 Å². The molecule has 9 heteroatoms. The number of ether oxygens (including phenoxy) is 4. The van der Waals surface area contributed by atoms with Crippen molar-refractivity contribution >= 4 is 30.6 Å². The Kier molecular flexibility index (Phi) is 13.0. The molecule has 0 aromatic heterocycles. The number of rotatable bonds is 13. The fourth-order valence-corrected chi connectivity index (χ4v) is 11.1. The number of hydrogen-bond acceptors (Lipinski definition) is 8. The minimum Gasteiger partial charge on any atom is -0.460 e. The first-order valence-corrected chi connectivity index (χ1v) is 19.3. The summed E-state index contributed by atoms with van der Waals surface area (Å²) >= 11 is 0. The van der Waals surface area contributed by atoms with E-state index in [2.05, 4.69) is 69.3 Å². The van der Waals surface area contributed by atoms with Gasteiger partial charge in [0.15, 0.2) is 12.4 Å². The van der Waals surface area contributed by atoms with Gasteiger partial charge in [0.2, 0.25) is 0 Å². The molecule has 0 spiro atoms.